The minimum Gasteiger partial charge on any atom is -0.494 e. The van der Waals surface area contributed by atoms with Crippen LogP contribution < -0.4 is 4.74 Å². The minimum atomic E-state index is 0. The number of rotatable bonds is 10. The Kier molecular flexibility index (Phi) is 9.89. The largest absolute Gasteiger partial charge is 0.494 e. The van der Waals surface area contributed by atoms with E-state index in [1.807, 2.05) is 0 Å². The molecule has 2 heterocycles. The molecule has 0 atom stereocenters. The molecule has 0 bridgehead atoms. The number of likely N-dealkylation sites (tertiary alicyclic amines) is 1. The number of hydrogen-bond donors (Lipinski definition) is 0. The molecule has 3 aromatic rings. The average Bonchev–Trinajstić information content (AvgIpc) is 3.13. The van der Waals surface area contributed by atoms with Gasteiger partial charge in [-0.2, -0.15) is 0 Å². The lowest BCUT2D eigenvalue weighted by Crippen LogP contribution is -2.33. The first-order valence-electron chi connectivity index (χ1n) is 12.2. The molecule has 5 heteroatoms. The molecule has 0 spiro atoms. The molecule has 4 nitrogen and oxygen atoms in total. The smallest absolute Gasteiger partial charge is 0.120 e. The summed E-state index contributed by atoms with van der Waals surface area (Å²) >= 11 is 0. The molecule has 0 aliphatic carbocycles. The Labute approximate surface area is 211 Å². The number of benzene rings is 2. The third-order valence-corrected chi connectivity index (χ3v) is 6.89. The molecule has 34 heavy (non-hydrogen) atoms. The maximum absolute atomic E-state index is 6.12. The van der Waals surface area contributed by atoms with Crippen LogP contribution in [0.1, 0.15) is 36.9 Å². The van der Waals surface area contributed by atoms with Crippen LogP contribution in [-0.4, -0.2) is 47.7 Å². The van der Waals surface area contributed by atoms with Gasteiger partial charge in [-0.1, -0.05) is 36.3 Å². The molecule has 1 aromatic heterocycles. The van der Waals surface area contributed by atoms with Gasteiger partial charge in [0.15, 0.2) is 0 Å². The Morgan fingerprint density at radius 3 is 2.59 bits per heavy atom. The second-order valence-electron chi connectivity index (χ2n) is 9.49. The zero-order valence-electron chi connectivity index (χ0n) is 20.6. The maximum Gasteiger partial charge on any atom is 0.120 e. The lowest BCUT2D eigenvalue weighted by molar-refractivity contribution is 0.166. The van der Waals surface area contributed by atoms with Gasteiger partial charge >= 0.3 is 0 Å². The summed E-state index contributed by atoms with van der Waals surface area (Å²) in [6.45, 7) is 5.80. The normalized spacial score (nSPS) is 14.8. The highest BCUT2D eigenvalue weighted by Gasteiger charge is 2.19. The molecule has 182 valence electrons. The fraction of sp³-hybridized carbons (Fsp3) is 0.448. The molecule has 1 fully saturated rings. The Morgan fingerprint density at radius 1 is 1.09 bits per heavy atom. The monoisotopic (exact) mass is 479 g/mol. The summed E-state index contributed by atoms with van der Waals surface area (Å²) in [5, 5.41) is 1.23. The van der Waals surface area contributed by atoms with Gasteiger partial charge in [-0.25, -0.2) is 0 Å². The summed E-state index contributed by atoms with van der Waals surface area (Å²) < 4.78 is 8.36. The summed E-state index contributed by atoms with van der Waals surface area (Å²) in [5.41, 5.74) is 3.92. The van der Waals surface area contributed by atoms with Crippen molar-refractivity contribution >= 4 is 23.3 Å². The van der Waals surface area contributed by atoms with Gasteiger partial charge in [-0.3, -0.25) is 9.80 Å². The predicted octanol–water partition coefficient (Wildman–Crippen LogP) is 5.74. The van der Waals surface area contributed by atoms with Crippen molar-refractivity contribution in [1.82, 2.24) is 14.4 Å². The first-order chi connectivity index (χ1) is 16.1. The van der Waals surface area contributed by atoms with E-state index < -0.39 is 0 Å². The zero-order chi connectivity index (χ0) is 23.0. The quantitative estimate of drug-likeness (QED) is 0.273. The number of ether oxygens (including phenoxy) is 1. The van der Waals surface area contributed by atoms with E-state index in [4.69, 9.17) is 11.2 Å². The van der Waals surface area contributed by atoms with Crippen LogP contribution in [0.15, 0.2) is 54.6 Å². The van der Waals surface area contributed by atoms with Gasteiger partial charge in [0.1, 0.15) is 5.75 Å². The van der Waals surface area contributed by atoms with Crippen LogP contribution >= 0.6 is 12.4 Å². The zero-order valence-corrected chi connectivity index (χ0v) is 21.4. The van der Waals surface area contributed by atoms with E-state index in [1.54, 1.807) is 0 Å². The van der Waals surface area contributed by atoms with Crippen LogP contribution in [0.3, 0.4) is 0 Å². The Balaban J connectivity index is 0.00000324. The van der Waals surface area contributed by atoms with Gasteiger partial charge in [0.2, 0.25) is 0 Å². The number of halogens is 1. The number of terminal acetylenes is 1. The number of fused-ring (bicyclic) bond motifs is 1. The number of aromatic nitrogens is 1. The standard InChI is InChI=1S/C29H37N3O.ClH/c1-4-16-30(2)23-27-20-26-21-28(12-13-29(26)31(27)3)33-19-8-11-24-14-17-32(18-15-24)22-25-9-6-5-7-10-25;/h1,5-7,9-10,12-13,20-21,24H,8,11,14-19,22-23H2,2-3H3;1H. The van der Waals surface area contributed by atoms with Crippen molar-refractivity contribution in [3.63, 3.8) is 0 Å². The first kappa shape index (κ1) is 26.2. The molecular formula is C29H38ClN3O. The molecule has 0 radical (unpaired) electrons. The molecule has 2 aromatic carbocycles. The number of piperidine rings is 1. The molecule has 4 rings (SSSR count). The number of hydrogen-bond acceptors (Lipinski definition) is 3. The van der Waals surface area contributed by atoms with E-state index in [9.17, 15) is 0 Å². The molecule has 0 saturated carbocycles. The predicted molar refractivity (Wildman–Crippen MR) is 145 cm³/mol. The van der Waals surface area contributed by atoms with Crippen molar-refractivity contribution in [1.29, 1.82) is 0 Å². The summed E-state index contributed by atoms with van der Waals surface area (Å²) in [7, 11) is 4.17. The SMILES string of the molecule is C#CCN(C)Cc1cc2cc(OCCCC3CCN(Cc4ccccc4)CC3)ccc2n1C.Cl. The van der Waals surface area contributed by atoms with Crippen molar-refractivity contribution in [2.75, 3.05) is 33.3 Å². The van der Waals surface area contributed by atoms with Crippen LogP contribution in [0.5, 0.6) is 5.75 Å². The van der Waals surface area contributed by atoms with E-state index in [2.05, 4.69) is 89.0 Å². The Hall–Kier alpha value is -2.45. The van der Waals surface area contributed by atoms with E-state index in [0.717, 1.165) is 37.8 Å². The first-order valence-corrected chi connectivity index (χ1v) is 12.2. The number of nitrogens with zero attached hydrogens (tertiary/aromatic N) is 3. The van der Waals surface area contributed by atoms with Gasteiger partial charge in [-0.15, -0.1) is 18.8 Å². The van der Waals surface area contributed by atoms with Crippen molar-refractivity contribution in [2.45, 2.75) is 38.8 Å². The summed E-state index contributed by atoms with van der Waals surface area (Å²) in [6, 6.07) is 19.5. The lowest BCUT2D eigenvalue weighted by Gasteiger charge is -2.32. The van der Waals surface area contributed by atoms with E-state index in [0.29, 0.717) is 6.54 Å². The van der Waals surface area contributed by atoms with Gasteiger partial charge in [0.25, 0.3) is 0 Å². The van der Waals surface area contributed by atoms with Crippen molar-refractivity contribution in [3.8, 4) is 18.1 Å². The maximum atomic E-state index is 6.12. The van der Waals surface area contributed by atoms with E-state index in [1.165, 1.54) is 54.5 Å². The molecular weight excluding hydrogens is 442 g/mol. The van der Waals surface area contributed by atoms with E-state index >= 15 is 0 Å². The van der Waals surface area contributed by atoms with Crippen molar-refractivity contribution in [2.24, 2.45) is 13.0 Å². The van der Waals surface area contributed by atoms with Crippen molar-refractivity contribution in [3.05, 3.63) is 65.9 Å². The molecule has 0 N–H and O–H groups in total. The molecule has 1 saturated heterocycles. The summed E-state index contributed by atoms with van der Waals surface area (Å²) in [5.74, 6) is 4.51. The van der Waals surface area contributed by atoms with Gasteiger partial charge in [0, 0.05) is 36.7 Å². The highest BCUT2D eigenvalue weighted by atomic mass is 35.5. The van der Waals surface area contributed by atoms with Gasteiger partial charge in [0.05, 0.1) is 13.2 Å². The third-order valence-electron chi connectivity index (χ3n) is 6.89. The second kappa shape index (κ2) is 12.9. The fourth-order valence-electron chi connectivity index (χ4n) is 4.95. The van der Waals surface area contributed by atoms with Crippen LogP contribution in [-0.2, 0) is 20.1 Å². The van der Waals surface area contributed by atoms with Crippen LogP contribution in [0, 0.1) is 18.3 Å². The summed E-state index contributed by atoms with van der Waals surface area (Å²) in [4.78, 5) is 4.74. The highest BCUT2D eigenvalue weighted by Crippen LogP contribution is 2.26. The average molecular weight is 480 g/mol. The van der Waals surface area contributed by atoms with E-state index in [-0.39, 0.29) is 12.4 Å². The topological polar surface area (TPSA) is 20.6 Å². The second-order valence-corrected chi connectivity index (χ2v) is 9.49. The van der Waals surface area contributed by atoms with Gasteiger partial charge in [-0.05, 0) is 81.6 Å². The Morgan fingerprint density at radius 2 is 1.85 bits per heavy atom. The van der Waals surface area contributed by atoms with Crippen LogP contribution in [0.2, 0.25) is 0 Å². The van der Waals surface area contributed by atoms with Crippen molar-refractivity contribution < 1.29 is 4.74 Å². The fourth-order valence-corrected chi connectivity index (χ4v) is 4.95. The number of aryl methyl sites for hydroxylation is 1. The molecule has 1 aliphatic rings. The van der Waals surface area contributed by atoms with Gasteiger partial charge < -0.3 is 9.30 Å². The van der Waals surface area contributed by atoms with Crippen LogP contribution in [0.4, 0.5) is 0 Å². The third kappa shape index (κ3) is 7.03. The molecule has 0 unspecified atom stereocenters. The van der Waals surface area contributed by atoms with Crippen LogP contribution in [0.25, 0.3) is 10.9 Å². The minimum absolute atomic E-state index is 0. The lowest BCUT2D eigenvalue weighted by atomic mass is 9.92. The Bertz CT molecular complexity index is 1060. The molecule has 1 aliphatic heterocycles. The highest BCUT2D eigenvalue weighted by molar-refractivity contribution is 5.85. The molecule has 0 amide bonds. The summed E-state index contributed by atoms with van der Waals surface area (Å²) in [6.07, 6.45) is 10.4.